The van der Waals surface area contributed by atoms with Gasteiger partial charge in [-0.1, -0.05) is 26.2 Å². The standard InChI is InChI=1S/C15H29NO/c1-2-3-9-15(17)10-7-8-14(13-15)16-11-5-4-6-12-16/h14,17H,2-13H2,1H3/t14-,15-/m0/s1. The molecule has 0 amide bonds. The first kappa shape index (κ1) is 13.4. The molecule has 1 N–H and O–H groups in total. The Balaban J connectivity index is 1.86. The van der Waals surface area contributed by atoms with E-state index in [1.54, 1.807) is 0 Å². The number of hydrogen-bond acceptors (Lipinski definition) is 2. The first-order valence-corrected chi connectivity index (χ1v) is 7.70. The van der Waals surface area contributed by atoms with E-state index in [0.717, 1.165) is 19.3 Å². The zero-order chi connectivity index (χ0) is 12.1. The number of unbranched alkanes of at least 4 members (excludes halogenated alkanes) is 1. The van der Waals surface area contributed by atoms with Crippen molar-refractivity contribution in [3.63, 3.8) is 0 Å². The molecule has 0 radical (unpaired) electrons. The molecule has 1 saturated carbocycles. The van der Waals surface area contributed by atoms with Crippen LogP contribution >= 0.6 is 0 Å². The molecule has 2 heteroatoms. The summed E-state index contributed by atoms with van der Waals surface area (Å²) in [6, 6.07) is 0.672. The smallest absolute Gasteiger partial charge is 0.0662 e. The van der Waals surface area contributed by atoms with Crippen molar-refractivity contribution in [2.45, 2.75) is 82.8 Å². The van der Waals surface area contributed by atoms with E-state index in [9.17, 15) is 5.11 Å². The van der Waals surface area contributed by atoms with Crippen LogP contribution in [0.15, 0.2) is 0 Å². The summed E-state index contributed by atoms with van der Waals surface area (Å²) < 4.78 is 0. The molecule has 0 aromatic heterocycles. The second-order valence-electron chi connectivity index (χ2n) is 6.17. The molecule has 2 atom stereocenters. The summed E-state index contributed by atoms with van der Waals surface area (Å²) in [5, 5.41) is 10.7. The van der Waals surface area contributed by atoms with Crippen molar-refractivity contribution >= 4 is 0 Å². The molecule has 2 nitrogen and oxygen atoms in total. The molecule has 0 aromatic carbocycles. The minimum atomic E-state index is -0.337. The average Bonchev–Trinajstić information content (AvgIpc) is 2.38. The van der Waals surface area contributed by atoms with Gasteiger partial charge in [0.15, 0.2) is 0 Å². The molecule has 1 heterocycles. The number of hydrogen-bond donors (Lipinski definition) is 1. The lowest BCUT2D eigenvalue weighted by Crippen LogP contribution is -2.47. The third kappa shape index (κ3) is 3.69. The van der Waals surface area contributed by atoms with Crippen LogP contribution in [0.2, 0.25) is 0 Å². The van der Waals surface area contributed by atoms with Gasteiger partial charge in [0.1, 0.15) is 0 Å². The second kappa shape index (κ2) is 6.19. The van der Waals surface area contributed by atoms with Crippen LogP contribution in [0.4, 0.5) is 0 Å². The van der Waals surface area contributed by atoms with E-state index in [2.05, 4.69) is 11.8 Å². The summed E-state index contributed by atoms with van der Waals surface area (Å²) in [6.45, 7) is 4.76. The van der Waals surface area contributed by atoms with E-state index in [-0.39, 0.29) is 5.60 Å². The van der Waals surface area contributed by atoms with Crippen molar-refractivity contribution in [2.75, 3.05) is 13.1 Å². The largest absolute Gasteiger partial charge is 0.390 e. The summed E-state index contributed by atoms with van der Waals surface area (Å²) in [5.41, 5.74) is -0.337. The Morgan fingerprint density at radius 2 is 1.94 bits per heavy atom. The van der Waals surface area contributed by atoms with Crippen molar-refractivity contribution in [1.29, 1.82) is 0 Å². The van der Waals surface area contributed by atoms with Gasteiger partial charge in [-0.2, -0.15) is 0 Å². The van der Waals surface area contributed by atoms with Crippen LogP contribution in [-0.2, 0) is 0 Å². The van der Waals surface area contributed by atoms with E-state index in [0.29, 0.717) is 6.04 Å². The molecule has 0 aromatic rings. The molecule has 2 rings (SSSR count). The number of likely N-dealkylation sites (tertiary alicyclic amines) is 1. The lowest BCUT2D eigenvalue weighted by molar-refractivity contribution is -0.0410. The second-order valence-corrected chi connectivity index (χ2v) is 6.17. The molecule has 0 spiro atoms. The first-order valence-electron chi connectivity index (χ1n) is 7.70. The molecule has 17 heavy (non-hydrogen) atoms. The minimum Gasteiger partial charge on any atom is -0.390 e. The van der Waals surface area contributed by atoms with Gasteiger partial charge in [-0.15, -0.1) is 0 Å². The van der Waals surface area contributed by atoms with Crippen LogP contribution in [0.25, 0.3) is 0 Å². The topological polar surface area (TPSA) is 23.5 Å². The molecule has 1 saturated heterocycles. The lowest BCUT2D eigenvalue weighted by Gasteiger charge is -2.43. The van der Waals surface area contributed by atoms with Gasteiger partial charge in [-0.3, -0.25) is 0 Å². The fraction of sp³-hybridized carbons (Fsp3) is 1.00. The third-order valence-electron chi connectivity index (χ3n) is 4.70. The Bertz CT molecular complexity index is 225. The normalized spacial score (nSPS) is 36.0. The summed E-state index contributed by atoms with van der Waals surface area (Å²) in [6.07, 6.45) is 12.2. The van der Waals surface area contributed by atoms with Crippen molar-refractivity contribution < 1.29 is 5.11 Å². The van der Waals surface area contributed by atoms with E-state index < -0.39 is 0 Å². The van der Waals surface area contributed by atoms with Gasteiger partial charge < -0.3 is 10.0 Å². The number of nitrogens with zero attached hydrogens (tertiary/aromatic N) is 1. The highest BCUT2D eigenvalue weighted by molar-refractivity contribution is 4.91. The summed E-state index contributed by atoms with van der Waals surface area (Å²) in [4.78, 5) is 2.65. The van der Waals surface area contributed by atoms with Crippen LogP contribution in [-0.4, -0.2) is 34.7 Å². The molecule has 1 aliphatic heterocycles. The Labute approximate surface area is 106 Å². The summed E-state index contributed by atoms with van der Waals surface area (Å²) in [5.74, 6) is 0. The quantitative estimate of drug-likeness (QED) is 0.813. The molecule has 1 aliphatic carbocycles. The van der Waals surface area contributed by atoms with Gasteiger partial charge >= 0.3 is 0 Å². The number of rotatable bonds is 4. The van der Waals surface area contributed by atoms with Crippen molar-refractivity contribution in [3.8, 4) is 0 Å². The van der Waals surface area contributed by atoms with Crippen LogP contribution in [0.1, 0.15) is 71.1 Å². The van der Waals surface area contributed by atoms with Crippen LogP contribution in [0.5, 0.6) is 0 Å². The van der Waals surface area contributed by atoms with Gasteiger partial charge in [0, 0.05) is 6.04 Å². The number of aliphatic hydroxyl groups is 1. The first-order chi connectivity index (χ1) is 8.23. The maximum Gasteiger partial charge on any atom is 0.0662 e. The third-order valence-corrected chi connectivity index (χ3v) is 4.70. The Hall–Kier alpha value is -0.0800. The highest BCUT2D eigenvalue weighted by Crippen LogP contribution is 2.35. The predicted octanol–water partition coefficient (Wildman–Crippen LogP) is 3.34. The average molecular weight is 239 g/mol. The Morgan fingerprint density at radius 1 is 1.18 bits per heavy atom. The maximum atomic E-state index is 10.7. The summed E-state index contributed by atoms with van der Waals surface area (Å²) in [7, 11) is 0. The molecular formula is C15H29NO. The molecule has 100 valence electrons. The highest BCUT2D eigenvalue weighted by Gasteiger charge is 2.36. The van der Waals surface area contributed by atoms with E-state index >= 15 is 0 Å². The fourth-order valence-electron chi connectivity index (χ4n) is 3.64. The van der Waals surface area contributed by atoms with Gasteiger partial charge in [0.2, 0.25) is 0 Å². The minimum absolute atomic E-state index is 0.337. The number of piperidine rings is 1. The molecule has 2 fully saturated rings. The fourth-order valence-corrected chi connectivity index (χ4v) is 3.64. The van der Waals surface area contributed by atoms with Crippen molar-refractivity contribution in [3.05, 3.63) is 0 Å². The van der Waals surface area contributed by atoms with Gasteiger partial charge in [0.25, 0.3) is 0 Å². The molecular weight excluding hydrogens is 210 g/mol. The van der Waals surface area contributed by atoms with Gasteiger partial charge in [-0.25, -0.2) is 0 Å². The molecule has 0 unspecified atom stereocenters. The van der Waals surface area contributed by atoms with E-state index in [1.165, 1.54) is 58.0 Å². The van der Waals surface area contributed by atoms with Crippen LogP contribution in [0.3, 0.4) is 0 Å². The van der Waals surface area contributed by atoms with Crippen LogP contribution in [0, 0.1) is 0 Å². The van der Waals surface area contributed by atoms with E-state index in [4.69, 9.17) is 0 Å². The lowest BCUT2D eigenvalue weighted by atomic mass is 9.78. The predicted molar refractivity (Wildman–Crippen MR) is 72.2 cm³/mol. The monoisotopic (exact) mass is 239 g/mol. The zero-order valence-corrected chi connectivity index (χ0v) is 11.5. The van der Waals surface area contributed by atoms with Gasteiger partial charge in [-0.05, 0) is 58.0 Å². The summed E-state index contributed by atoms with van der Waals surface area (Å²) >= 11 is 0. The van der Waals surface area contributed by atoms with Crippen molar-refractivity contribution in [1.82, 2.24) is 4.90 Å². The SMILES string of the molecule is CCCC[C@]1(O)CCC[C@H](N2CCCCC2)C1. The maximum absolute atomic E-state index is 10.7. The molecule has 2 aliphatic rings. The Morgan fingerprint density at radius 3 is 2.65 bits per heavy atom. The molecule has 0 bridgehead atoms. The zero-order valence-electron chi connectivity index (χ0n) is 11.5. The highest BCUT2D eigenvalue weighted by atomic mass is 16.3. The van der Waals surface area contributed by atoms with Crippen LogP contribution < -0.4 is 0 Å². The van der Waals surface area contributed by atoms with Crippen molar-refractivity contribution in [2.24, 2.45) is 0 Å². The van der Waals surface area contributed by atoms with Gasteiger partial charge in [0.05, 0.1) is 5.60 Å². The Kier molecular flexibility index (Phi) is 4.87. The van der Waals surface area contributed by atoms with E-state index in [1.807, 2.05) is 0 Å².